The third-order valence-electron chi connectivity index (χ3n) is 2.77. The van der Waals surface area contributed by atoms with Crippen molar-refractivity contribution in [1.29, 1.82) is 0 Å². The van der Waals surface area contributed by atoms with E-state index < -0.39 is 0 Å². The Morgan fingerprint density at radius 2 is 2.20 bits per heavy atom. The fourth-order valence-electron chi connectivity index (χ4n) is 1.85. The van der Waals surface area contributed by atoms with Crippen molar-refractivity contribution in [3.05, 3.63) is 10.4 Å². The Morgan fingerprint density at radius 3 is 2.87 bits per heavy atom. The molecule has 0 saturated carbocycles. The van der Waals surface area contributed by atoms with Gasteiger partial charge in [-0.15, -0.1) is 10.2 Å². The summed E-state index contributed by atoms with van der Waals surface area (Å²) in [5.74, 6) is 1.38. The lowest BCUT2D eigenvalue weighted by Gasteiger charge is -2.17. The zero-order chi connectivity index (χ0) is 10.8. The Morgan fingerprint density at radius 1 is 1.40 bits per heavy atom. The Kier molecular flexibility index (Phi) is 3.26. The number of hydrogen-bond acceptors (Lipinski definition) is 4. The second kappa shape index (κ2) is 4.49. The summed E-state index contributed by atoms with van der Waals surface area (Å²) in [5.41, 5.74) is 0. The first kappa shape index (κ1) is 10.9. The van der Waals surface area contributed by atoms with Crippen molar-refractivity contribution >= 4 is 29.0 Å². The molecule has 1 saturated heterocycles. The van der Waals surface area contributed by atoms with Gasteiger partial charge in [0.1, 0.15) is 0 Å². The SMILES string of the molecule is CCC1CCN(c2nc(Cl)nnc2Cl)C1. The molecule has 0 aliphatic carbocycles. The van der Waals surface area contributed by atoms with Gasteiger partial charge in [0.25, 0.3) is 0 Å². The number of aromatic nitrogens is 3. The van der Waals surface area contributed by atoms with Crippen LogP contribution in [0.4, 0.5) is 5.82 Å². The third-order valence-corrected chi connectivity index (χ3v) is 3.17. The van der Waals surface area contributed by atoms with Crippen LogP contribution >= 0.6 is 23.2 Å². The highest BCUT2D eigenvalue weighted by atomic mass is 35.5. The van der Waals surface area contributed by atoms with E-state index in [0.29, 0.717) is 11.0 Å². The van der Waals surface area contributed by atoms with Gasteiger partial charge in [0.05, 0.1) is 0 Å². The minimum atomic E-state index is 0.148. The normalized spacial score (nSPS) is 21.0. The van der Waals surface area contributed by atoms with E-state index in [1.165, 1.54) is 12.8 Å². The molecule has 1 fully saturated rings. The highest BCUT2D eigenvalue weighted by Crippen LogP contribution is 2.28. The predicted octanol–water partition coefficient (Wildman–Crippen LogP) is 2.41. The first-order valence-electron chi connectivity index (χ1n) is 5.01. The maximum absolute atomic E-state index is 5.93. The molecule has 1 aliphatic heterocycles. The van der Waals surface area contributed by atoms with Gasteiger partial charge < -0.3 is 4.90 Å². The van der Waals surface area contributed by atoms with Crippen LogP contribution in [-0.2, 0) is 0 Å². The van der Waals surface area contributed by atoms with Crippen LogP contribution in [0.25, 0.3) is 0 Å². The Hall–Kier alpha value is -0.610. The highest BCUT2D eigenvalue weighted by Gasteiger charge is 2.24. The molecule has 0 spiro atoms. The van der Waals surface area contributed by atoms with E-state index in [1.54, 1.807) is 0 Å². The molecule has 4 nitrogen and oxygen atoms in total. The van der Waals surface area contributed by atoms with Gasteiger partial charge in [0, 0.05) is 13.1 Å². The molecule has 0 radical (unpaired) electrons. The van der Waals surface area contributed by atoms with Crippen molar-refractivity contribution in [2.75, 3.05) is 18.0 Å². The van der Waals surface area contributed by atoms with Crippen LogP contribution in [0.1, 0.15) is 19.8 Å². The molecule has 1 aliphatic rings. The first-order valence-corrected chi connectivity index (χ1v) is 5.77. The van der Waals surface area contributed by atoms with Gasteiger partial charge in [0.15, 0.2) is 11.0 Å². The fraction of sp³-hybridized carbons (Fsp3) is 0.667. The van der Waals surface area contributed by atoms with Crippen molar-refractivity contribution in [3.8, 4) is 0 Å². The van der Waals surface area contributed by atoms with Crippen LogP contribution in [0.15, 0.2) is 0 Å². The highest BCUT2D eigenvalue weighted by molar-refractivity contribution is 6.32. The number of halogens is 2. The largest absolute Gasteiger partial charge is 0.354 e. The minimum absolute atomic E-state index is 0.148. The van der Waals surface area contributed by atoms with Crippen LogP contribution in [-0.4, -0.2) is 28.3 Å². The molecular weight excluding hydrogens is 235 g/mol. The van der Waals surface area contributed by atoms with Gasteiger partial charge in [-0.25, -0.2) is 0 Å². The fourth-order valence-corrected chi connectivity index (χ4v) is 2.16. The predicted molar refractivity (Wildman–Crippen MR) is 60.5 cm³/mol. The zero-order valence-electron chi connectivity index (χ0n) is 8.45. The maximum atomic E-state index is 5.93. The minimum Gasteiger partial charge on any atom is -0.354 e. The molecule has 82 valence electrons. The topological polar surface area (TPSA) is 41.9 Å². The van der Waals surface area contributed by atoms with Gasteiger partial charge >= 0.3 is 0 Å². The monoisotopic (exact) mass is 246 g/mol. The number of rotatable bonds is 2. The number of nitrogens with zero attached hydrogens (tertiary/aromatic N) is 4. The molecular formula is C9H12Cl2N4. The molecule has 2 heterocycles. The zero-order valence-corrected chi connectivity index (χ0v) is 9.96. The molecule has 0 bridgehead atoms. The molecule has 0 N–H and O–H groups in total. The molecule has 1 atom stereocenters. The Balaban J connectivity index is 2.19. The van der Waals surface area contributed by atoms with Crippen molar-refractivity contribution < 1.29 is 0 Å². The van der Waals surface area contributed by atoms with E-state index in [1.807, 2.05) is 0 Å². The van der Waals surface area contributed by atoms with E-state index in [9.17, 15) is 0 Å². The van der Waals surface area contributed by atoms with E-state index >= 15 is 0 Å². The van der Waals surface area contributed by atoms with Crippen LogP contribution in [0, 0.1) is 5.92 Å². The molecule has 6 heteroatoms. The van der Waals surface area contributed by atoms with Crippen molar-refractivity contribution in [2.24, 2.45) is 5.92 Å². The van der Waals surface area contributed by atoms with Crippen LogP contribution < -0.4 is 4.90 Å². The third kappa shape index (κ3) is 2.32. The summed E-state index contributed by atoms with van der Waals surface area (Å²) in [7, 11) is 0. The number of hydrogen-bond donors (Lipinski definition) is 0. The second-order valence-corrected chi connectivity index (χ2v) is 4.40. The summed E-state index contributed by atoms with van der Waals surface area (Å²) in [6, 6.07) is 0. The van der Waals surface area contributed by atoms with Gasteiger partial charge in [-0.3, -0.25) is 0 Å². The van der Waals surface area contributed by atoms with Crippen molar-refractivity contribution in [2.45, 2.75) is 19.8 Å². The molecule has 1 aromatic rings. The molecule has 15 heavy (non-hydrogen) atoms. The maximum Gasteiger partial charge on any atom is 0.245 e. The van der Waals surface area contributed by atoms with Crippen molar-refractivity contribution in [1.82, 2.24) is 15.2 Å². The standard InChI is InChI=1S/C9H12Cl2N4/c1-2-6-3-4-15(5-6)8-7(10)13-14-9(11)12-8/h6H,2-5H2,1H3. The summed E-state index contributed by atoms with van der Waals surface area (Å²) in [6.45, 7) is 4.14. The molecule has 2 rings (SSSR count). The van der Waals surface area contributed by atoms with Crippen LogP contribution in [0.3, 0.4) is 0 Å². The summed E-state index contributed by atoms with van der Waals surface area (Å²) in [5, 5.41) is 7.83. The molecule has 0 aromatic carbocycles. The second-order valence-electron chi connectivity index (χ2n) is 3.70. The van der Waals surface area contributed by atoms with E-state index in [0.717, 1.165) is 19.0 Å². The summed E-state index contributed by atoms with van der Waals surface area (Å²) >= 11 is 11.6. The van der Waals surface area contributed by atoms with Gasteiger partial charge in [0.2, 0.25) is 5.28 Å². The van der Waals surface area contributed by atoms with Gasteiger partial charge in [-0.05, 0) is 23.9 Å². The lowest BCUT2D eigenvalue weighted by atomic mass is 10.1. The number of anilines is 1. The average Bonchev–Trinajstić information content (AvgIpc) is 2.70. The quantitative estimate of drug-likeness (QED) is 0.804. The lowest BCUT2D eigenvalue weighted by Crippen LogP contribution is -2.21. The summed E-state index contributed by atoms with van der Waals surface area (Å²) in [4.78, 5) is 6.23. The summed E-state index contributed by atoms with van der Waals surface area (Å²) < 4.78 is 0. The van der Waals surface area contributed by atoms with E-state index in [2.05, 4.69) is 27.0 Å². The van der Waals surface area contributed by atoms with E-state index in [4.69, 9.17) is 23.2 Å². The van der Waals surface area contributed by atoms with Crippen LogP contribution in [0.5, 0.6) is 0 Å². The van der Waals surface area contributed by atoms with Gasteiger partial charge in [-0.1, -0.05) is 24.9 Å². The first-order chi connectivity index (χ1) is 7.20. The Bertz CT molecular complexity index is 358. The smallest absolute Gasteiger partial charge is 0.245 e. The van der Waals surface area contributed by atoms with Crippen LogP contribution in [0.2, 0.25) is 10.4 Å². The summed E-state index contributed by atoms with van der Waals surface area (Å²) in [6.07, 6.45) is 2.36. The molecule has 1 aromatic heterocycles. The van der Waals surface area contributed by atoms with E-state index in [-0.39, 0.29) is 5.28 Å². The average molecular weight is 247 g/mol. The molecule has 1 unspecified atom stereocenters. The Labute approximate surface area is 98.6 Å². The van der Waals surface area contributed by atoms with Crippen molar-refractivity contribution in [3.63, 3.8) is 0 Å². The van der Waals surface area contributed by atoms with Gasteiger partial charge in [-0.2, -0.15) is 4.98 Å². The molecule has 0 amide bonds. The lowest BCUT2D eigenvalue weighted by molar-refractivity contribution is 0.568.